The summed E-state index contributed by atoms with van der Waals surface area (Å²) in [5.41, 5.74) is 3.65. The molecular formula is C24H16Cl2N4O2S. The largest absolute Gasteiger partial charge is 0.423 e. The maximum absolute atomic E-state index is 12.1. The Hall–Kier alpha value is -3.13. The molecule has 5 aromatic rings. The molecule has 3 heterocycles. The number of fused-ring (bicyclic) bond motifs is 1. The summed E-state index contributed by atoms with van der Waals surface area (Å²) in [6, 6.07) is 16.5. The van der Waals surface area contributed by atoms with Crippen molar-refractivity contribution < 1.29 is 4.42 Å². The maximum Gasteiger partial charge on any atom is 0.336 e. The van der Waals surface area contributed by atoms with E-state index in [1.54, 1.807) is 24.5 Å². The summed E-state index contributed by atoms with van der Waals surface area (Å²) in [6.45, 7) is 1.96. The van der Waals surface area contributed by atoms with Gasteiger partial charge in [-0.2, -0.15) is 0 Å². The van der Waals surface area contributed by atoms with Crippen molar-refractivity contribution in [2.45, 2.75) is 17.8 Å². The third kappa shape index (κ3) is 4.39. The van der Waals surface area contributed by atoms with Crippen LogP contribution >= 0.6 is 35.0 Å². The number of hydrogen-bond donors (Lipinski definition) is 0. The first-order chi connectivity index (χ1) is 16.0. The Morgan fingerprint density at radius 3 is 2.70 bits per heavy atom. The first kappa shape index (κ1) is 21.7. The van der Waals surface area contributed by atoms with Crippen LogP contribution in [0.4, 0.5) is 0 Å². The average Bonchev–Trinajstić information content (AvgIpc) is 3.23. The summed E-state index contributed by atoms with van der Waals surface area (Å²) in [6.07, 6.45) is 3.43. The second-order valence-corrected chi connectivity index (χ2v) is 9.12. The highest BCUT2D eigenvalue weighted by Gasteiger charge is 2.18. The van der Waals surface area contributed by atoms with Crippen molar-refractivity contribution in [2.75, 3.05) is 0 Å². The topological polar surface area (TPSA) is 73.8 Å². The number of halogens is 2. The van der Waals surface area contributed by atoms with E-state index in [0.29, 0.717) is 32.4 Å². The van der Waals surface area contributed by atoms with Gasteiger partial charge in [-0.05, 0) is 54.4 Å². The zero-order valence-corrected chi connectivity index (χ0v) is 19.7. The van der Waals surface area contributed by atoms with Crippen LogP contribution in [0.1, 0.15) is 11.1 Å². The van der Waals surface area contributed by atoms with Crippen LogP contribution in [0.2, 0.25) is 10.0 Å². The molecule has 0 bridgehead atoms. The normalized spacial score (nSPS) is 11.2. The van der Waals surface area contributed by atoms with Gasteiger partial charge in [0, 0.05) is 35.2 Å². The second-order valence-electron chi connectivity index (χ2n) is 7.36. The monoisotopic (exact) mass is 494 g/mol. The summed E-state index contributed by atoms with van der Waals surface area (Å²) in [4.78, 5) is 16.3. The smallest absolute Gasteiger partial charge is 0.336 e. The lowest BCUT2D eigenvalue weighted by Crippen LogP contribution is -2.02. The van der Waals surface area contributed by atoms with E-state index >= 15 is 0 Å². The lowest BCUT2D eigenvalue weighted by Gasteiger charge is -2.12. The molecule has 164 valence electrons. The van der Waals surface area contributed by atoms with E-state index in [1.807, 2.05) is 47.9 Å². The van der Waals surface area contributed by atoms with Crippen LogP contribution < -0.4 is 5.63 Å². The van der Waals surface area contributed by atoms with Crippen LogP contribution in [-0.4, -0.2) is 19.7 Å². The van der Waals surface area contributed by atoms with Gasteiger partial charge in [-0.15, -0.1) is 10.2 Å². The Balaban J connectivity index is 1.58. The number of aryl methyl sites for hydroxylation is 1. The lowest BCUT2D eigenvalue weighted by molar-refractivity contribution is 0.559. The van der Waals surface area contributed by atoms with Gasteiger partial charge >= 0.3 is 5.63 Å². The predicted molar refractivity (Wildman–Crippen MR) is 131 cm³/mol. The van der Waals surface area contributed by atoms with E-state index in [0.717, 1.165) is 27.8 Å². The Bertz CT molecular complexity index is 1530. The molecule has 0 radical (unpaired) electrons. The van der Waals surface area contributed by atoms with Gasteiger partial charge in [-0.3, -0.25) is 9.55 Å². The molecule has 3 aromatic heterocycles. The van der Waals surface area contributed by atoms with Crippen LogP contribution in [0.25, 0.3) is 28.0 Å². The van der Waals surface area contributed by atoms with Gasteiger partial charge in [0.2, 0.25) is 0 Å². The van der Waals surface area contributed by atoms with Crippen LogP contribution in [0.15, 0.2) is 81.4 Å². The van der Waals surface area contributed by atoms with Crippen molar-refractivity contribution in [3.8, 4) is 17.1 Å². The molecule has 0 saturated heterocycles. The molecule has 0 atom stereocenters. The Kier molecular flexibility index (Phi) is 5.93. The highest BCUT2D eigenvalue weighted by molar-refractivity contribution is 7.98. The van der Waals surface area contributed by atoms with Crippen molar-refractivity contribution in [3.63, 3.8) is 0 Å². The van der Waals surface area contributed by atoms with Crippen LogP contribution in [0, 0.1) is 6.92 Å². The van der Waals surface area contributed by atoms with Crippen LogP contribution in [-0.2, 0) is 5.75 Å². The number of rotatable bonds is 5. The van der Waals surface area contributed by atoms with Crippen molar-refractivity contribution in [2.24, 2.45) is 0 Å². The van der Waals surface area contributed by atoms with E-state index < -0.39 is 0 Å². The third-order valence-corrected chi connectivity index (χ3v) is 6.77. The molecule has 0 amide bonds. The molecule has 0 unspecified atom stereocenters. The highest BCUT2D eigenvalue weighted by Crippen LogP contribution is 2.33. The summed E-state index contributed by atoms with van der Waals surface area (Å²) < 4.78 is 7.29. The fourth-order valence-electron chi connectivity index (χ4n) is 3.50. The Morgan fingerprint density at radius 2 is 1.91 bits per heavy atom. The van der Waals surface area contributed by atoms with Crippen molar-refractivity contribution >= 4 is 45.9 Å². The Labute approximate surface area is 203 Å². The van der Waals surface area contributed by atoms with Crippen molar-refractivity contribution in [1.82, 2.24) is 19.7 Å². The Morgan fingerprint density at radius 1 is 1.03 bits per heavy atom. The zero-order valence-electron chi connectivity index (χ0n) is 17.3. The molecule has 0 aliphatic rings. The lowest BCUT2D eigenvalue weighted by atomic mass is 10.1. The number of nitrogens with zero attached hydrogens (tertiary/aromatic N) is 4. The van der Waals surface area contributed by atoms with Crippen LogP contribution in [0.3, 0.4) is 0 Å². The van der Waals surface area contributed by atoms with Gasteiger partial charge in [0.15, 0.2) is 11.0 Å². The molecule has 0 aliphatic heterocycles. The van der Waals surface area contributed by atoms with Crippen molar-refractivity contribution in [1.29, 1.82) is 0 Å². The van der Waals surface area contributed by atoms with E-state index in [4.69, 9.17) is 27.6 Å². The minimum Gasteiger partial charge on any atom is -0.423 e. The van der Waals surface area contributed by atoms with Crippen molar-refractivity contribution in [3.05, 3.63) is 98.6 Å². The minimum atomic E-state index is -0.384. The molecule has 0 N–H and O–H groups in total. The molecule has 6 nitrogen and oxygen atoms in total. The first-order valence-electron chi connectivity index (χ1n) is 9.97. The molecule has 33 heavy (non-hydrogen) atoms. The number of pyridine rings is 1. The van der Waals surface area contributed by atoms with E-state index in [2.05, 4.69) is 15.2 Å². The fraction of sp³-hybridized carbons (Fsp3) is 0.0833. The summed E-state index contributed by atoms with van der Waals surface area (Å²) in [5, 5.41) is 11.3. The molecule has 5 rings (SSSR count). The van der Waals surface area contributed by atoms with Gasteiger partial charge < -0.3 is 4.42 Å². The van der Waals surface area contributed by atoms with E-state index in [1.165, 1.54) is 17.8 Å². The molecular weight excluding hydrogens is 479 g/mol. The van der Waals surface area contributed by atoms with Crippen LogP contribution in [0.5, 0.6) is 0 Å². The quantitative estimate of drug-likeness (QED) is 0.209. The molecule has 2 aromatic carbocycles. The highest BCUT2D eigenvalue weighted by atomic mass is 35.5. The first-order valence-corrected chi connectivity index (χ1v) is 11.7. The van der Waals surface area contributed by atoms with Gasteiger partial charge in [0.05, 0.1) is 15.7 Å². The predicted octanol–water partition coefficient (Wildman–Crippen LogP) is 6.34. The van der Waals surface area contributed by atoms with E-state index in [-0.39, 0.29) is 5.63 Å². The third-order valence-electron chi connectivity index (χ3n) is 5.06. The number of aromatic nitrogens is 4. The molecule has 9 heteroatoms. The maximum atomic E-state index is 12.1. The number of thioether (sulfide) groups is 1. The van der Waals surface area contributed by atoms with Gasteiger partial charge in [0.1, 0.15) is 5.58 Å². The standard InChI is InChI=1S/C24H16Cl2N4O2S/c1-14-4-6-18-16(10-22(31)32-21(18)9-14)13-33-24-29-28-23(15-3-2-8-27-12-15)30(24)17-5-7-19(25)20(26)11-17/h2-12H,13H2,1H3. The summed E-state index contributed by atoms with van der Waals surface area (Å²) in [5.74, 6) is 1.12. The van der Waals surface area contributed by atoms with Gasteiger partial charge in [-0.1, -0.05) is 47.1 Å². The summed E-state index contributed by atoms with van der Waals surface area (Å²) >= 11 is 13.9. The number of hydrogen-bond acceptors (Lipinski definition) is 6. The van der Waals surface area contributed by atoms with E-state index in [9.17, 15) is 4.79 Å². The second kappa shape index (κ2) is 9.02. The van der Waals surface area contributed by atoms with Gasteiger partial charge in [-0.25, -0.2) is 4.79 Å². The zero-order chi connectivity index (χ0) is 22.9. The fourth-order valence-corrected chi connectivity index (χ4v) is 4.74. The molecule has 0 fully saturated rings. The number of benzene rings is 2. The average molecular weight is 495 g/mol. The minimum absolute atomic E-state index is 0.384. The molecule has 0 saturated carbocycles. The molecule has 0 spiro atoms. The summed E-state index contributed by atoms with van der Waals surface area (Å²) in [7, 11) is 0. The molecule has 0 aliphatic carbocycles. The van der Waals surface area contributed by atoms with Gasteiger partial charge in [0.25, 0.3) is 0 Å². The SMILES string of the molecule is Cc1ccc2c(CSc3nnc(-c4cccnc4)n3-c3ccc(Cl)c(Cl)c3)cc(=O)oc2c1.